The molecule has 0 atom stereocenters. The van der Waals surface area contributed by atoms with Crippen LogP contribution in [-0.4, -0.2) is 26.4 Å². The lowest BCUT2D eigenvalue weighted by atomic mass is 10.1. The molecule has 1 N–H and O–H groups in total. The molecule has 1 spiro atoms. The monoisotopic (exact) mass is 427 g/mol. The van der Waals surface area contributed by atoms with Crippen molar-refractivity contribution in [3.8, 4) is 11.5 Å². The molecule has 0 bridgehead atoms. The first kappa shape index (κ1) is 19.0. The lowest BCUT2D eigenvalue weighted by Crippen LogP contribution is -2.34. The molecule has 2 aliphatic rings. The number of amides is 1. The number of nitrogens with one attached hydrogen (secondary N) is 1. The van der Waals surface area contributed by atoms with Crippen molar-refractivity contribution in [2.24, 2.45) is 0 Å². The molecule has 0 radical (unpaired) electrons. The highest BCUT2D eigenvalue weighted by Crippen LogP contribution is 2.47. The molecule has 156 valence electrons. The topological polar surface area (TPSA) is 94.8 Å². The highest BCUT2D eigenvalue weighted by atomic mass is 32.2. The third kappa shape index (κ3) is 3.41. The van der Waals surface area contributed by atoms with Gasteiger partial charge in [-0.3, -0.25) is 4.79 Å². The van der Waals surface area contributed by atoms with E-state index in [1.54, 1.807) is 42.5 Å². The molecule has 1 fully saturated rings. The Hall–Kier alpha value is -3.00. The summed E-state index contributed by atoms with van der Waals surface area (Å²) < 4.78 is 41.6. The molecule has 1 aromatic heterocycles. The minimum Gasteiger partial charge on any atom is -0.451 e. The van der Waals surface area contributed by atoms with Gasteiger partial charge in [-0.2, -0.15) is 0 Å². The second-order valence-corrected chi connectivity index (χ2v) is 10.1. The van der Waals surface area contributed by atoms with Gasteiger partial charge < -0.3 is 19.2 Å². The average molecular weight is 427 g/mol. The van der Waals surface area contributed by atoms with E-state index in [1.807, 2.05) is 0 Å². The SMILES string of the molecule is CS(=O)(=O)Cc1c(C(=O)Nc2ccc3c(c2)OC2(CCCC2)O3)oc2ccccc12. The predicted molar refractivity (Wildman–Crippen MR) is 112 cm³/mol. The lowest BCUT2D eigenvalue weighted by Gasteiger charge is -2.21. The molecular formula is C22H21NO6S. The van der Waals surface area contributed by atoms with E-state index in [0.717, 1.165) is 31.9 Å². The largest absolute Gasteiger partial charge is 0.451 e. The number of furan rings is 1. The predicted octanol–water partition coefficient (Wildman–Crippen LogP) is 4.27. The van der Waals surface area contributed by atoms with Crippen molar-refractivity contribution in [2.75, 3.05) is 11.6 Å². The van der Waals surface area contributed by atoms with E-state index in [-0.39, 0.29) is 11.5 Å². The van der Waals surface area contributed by atoms with E-state index in [9.17, 15) is 13.2 Å². The van der Waals surface area contributed by atoms with Crippen molar-refractivity contribution in [3.63, 3.8) is 0 Å². The molecule has 30 heavy (non-hydrogen) atoms. The molecule has 5 rings (SSSR count). The van der Waals surface area contributed by atoms with Gasteiger partial charge in [0.2, 0.25) is 0 Å². The summed E-state index contributed by atoms with van der Waals surface area (Å²) in [4.78, 5) is 13.0. The summed E-state index contributed by atoms with van der Waals surface area (Å²) in [6.07, 6.45) is 4.95. The maximum Gasteiger partial charge on any atom is 0.291 e. The fraction of sp³-hybridized carbons (Fsp3) is 0.318. The third-order valence-electron chi connectivity index (χ3n) is 5.47. The standard InChI is InChI=1S/C22H21NO6S/c1-30(25,26)13-16-15-6-2-3-7-17(15)27-20(16)21(24)23-14-8-9-18-19(12-14)29-22(28-18)10-4-5-11-22/h2-3,6-9,12H,4-5,10-11,13H2,1H3,(H,23,24). The maximum atomic E-state index is 13.0. The quantitative estimate of drug-likeness (QED) is 0.668. The highest BCUT2D eigenvalue weighted by Gasteiger charge is 2.44. The fourth-order valence-corrected chi connectivity index (χ4v) is 4.98. The summed E-state index contributed by atoms with van der Waals surface area (Å²) in [6.45, 7) is 0. The Balaban J connectivity index is 1.44. The van der Waals surface area contributed by atoms with Crippen molar-refractivity contribution in [1.82, 2.24) is 0 Å². The molecular weight excluding hydrogens is 406 g/mol. The van der Waals surface area contributed by atoms with E-state index in [1.165, 1.54) is 0 Å². The third-order valence-corrected chi connectivity index (χ3v) is 6.28. The zero-order chi connectivity index (χ0) is 20.9. The van der Waals surface area contributed by atoms with E-state index in [2.05, 4.69) is 5.32 Å². The number of carbonyl (C=O) groups excluding carboxylic acids is 1. The fourth-order valence-electron chi connectivity index (χ4n) is 4.16. The summed E-state index contributed by atoms with van der Waals surface area (Å²) in [5.41, 5.74) is 1.34. The van der Waals surface area contributed by atoms with Gasteiger partial charge in [0.1, 0.15) is 5.58 Å². The number of benzene rings is 2. The lowest BCUT2D eigenvalue weighted by molar-refractivity contribution is -0.0716. The van der Waals surface area contributed by atoms with E-state index in [0.29, 0.717) is 33.7 Å². The Kier molecular flexibility index (Phi) is 4.28. The van der Waals surface area contributed by atoms with Crippen LogP contribution in [0.15, 0.2) is 46.9 Å². The molecule has 0 saturated heterocycles. The van der Waals surface area contributed by atoms with Gasteiger partial charge in [0.25, 0.3) is 11.7 Å². The van der Waals surface area contributed by atoms with Crippen LogP contribution in [0.1, 0.15) is 41.8 Å². The van der Waals surface area contributed by atoms with Crippen molar-refractivity contribution >= 4 is 32.4 Å². The Morgan fingerprint density at radius 2 is 1.80 bits per heavy atom. The summed E-state index contributed by atoms with van der Waals surface area (Å²) in [7, 11) is -3.36. The normalized spacial score (nSPS) is 17.0. The Morgan fingerprint density at radius 1 is 1.07 bits per heavy atom. The van der Waals surface area contributed by atoms with Crippen molar-refractivity contribution in [3.05, 3.63) is 53.8 Å². The summed E-state index contributed by atoms with van der Waals surface area (Å²) in [5.74, 6) is -0.124. The first-order valence-corrected chi connectivity index (χ1v) is 11.9. The van der Waals surface area contributed by atoms with E-state index >= 15 is 0 Å². The van der Waals surface area contributed by atoms with Crippen LogP contribution in [0.25, 0.3) is 11.0 Å². The van der Waals surface area contributed by atoms with Gasteiger partial charge in [-0.05, 0) is 31.0 Å². The van der Waals surface area contributed by atoms with Crippen LogP contribution in [0.5, 0.6) is 11.5 Å². The maximum absolute atomic E-state index is 13.0. The number of ether oxygens (including phenoxy) is 2. The number of rotatable bonds is 4. The molecule has 1 aliphatic heterocycles. The van der Waals surface area contributed by atoms with Gasteiger partial charge in [0.15, 0.2) is 27.1 Å². The van der Waals surface area contributed by atoms with E-state index in [4.69, 9.17) is 13.9 Å². The Bertz CT molecular complexity index is 1250. The molecule has 8 heteroatoms. The molecule has 7 nitrogen and oxygen atoms in total. The Labute approximate surface area is 173 Å². The number of fused-ring (bicyclic) bond motifs is 2. The summed E-state index contributed by atoms with van der Waals surface area (Å²) >= 11 is 0. The first-order valence-electron chi connectivity index (χ1n) is 9.84. The number of para-hydroxylation sites is 1. The Morgan fingerprint density at radius 3 is 2.57 bits per heavy atom. The van der Waals surface area contributed by atoms with E-state index < -0.39 is 21.5 Å². The molecule has 1 saturated carbocycles. The van der Waals surface area contributed by atoms with Crippen LogP contribution in [0.2, 0.25) is 0 Å². The zero-order valence-corrected chi connectivity index (χ0v) is 17.3. The first-order chi connectivity index (χ1) is 14.3. The average Bonchev–Trinajstić information content (AvgIpc) is 3.38. The number of hydrogen-bond donors (Lipinski definition) is 1. The van der Waals surface area contributed by atoms with Gasteiger partial charge in [-0.1, -0.05) is 18.2 Å². The van der Waals surface area contributed by atoms with Crippen LogP contribution < -0.4 is 14.8 Å². The number of anilines is 1. The second-order valence-electron chi connectivity index (χ2n) is 7.91. The second kappa shape index (κ2) is 6.77. The van der Waals surface area contributed by atoms with Crippen LogP contribution in [0.3, 0.4) is 0 Å². The van der Waals surface area contributed by atoms with Gasteiger partial charge in [0.05, 0.1) is 5.75 Å². The number of sulfone groups is 1. The van der Waals surface area contributed by atoms with Gasteiger partial charge >= 0.3 is 0 Å². The van der Waals surface area contributed by atoms with Crippen molar-refractivity contribution in [2.45, 2.75) is 37.2 Å². The molecule has 1 amide bonds. The highest BCUT2D eigenvalue weighted by molar-refractivity contribution is 7.89. The minimum atomic E-state index is -3.36. The van der Waals surface area contributed by atoms with Gasteiger partial charge in [-0.25, -0.2) is 8.42 Å². The van der Waals surface area contributed by atoms with Gasteiger partial charge in [-0.15, -0.1) is 0 Å². The molecule has 1 aliphatic carbocycles. The molecule has 0 unspecified atom stereocenters. The zero-order valence-electron chi connectivity index (χ0n) is 16.4. The van der Waals surface area contributed by atoms with Crippen molar-refractivity contribution < 1.29 is 27.1 Å². The van der Waals surface area contributed by atoms with Crippen LogP contribution in [0.4, 0.5) is 5.69 Å². The number of hydrogen-bond acceptors (Lipinski definition) is 6. The molecule has 3 aromatic rings. The summed E-state index contributed by atoms with van der Waals surface area (Å²) in [6, 6.07) is 12.2. The van der Waals surface area contributed by atoms with Gasteiger partial charge in [0, 0.05) is 41.8 Å². The molecule has 2 aromatic carbocycles. The minimum absolute atomic E-state index is 0.00782. The van der Waals surface area contributed by atoms with Crippen LogP contribution in [-0.2, 0) is 15.6 Å². The van der Waals surface area contributed by atoms with Crippen molar-refractivity contribution in [1.29, 1.82) is 0 Å². The van der Waals surface area contributed by atoms with Crippen LogP contribution in [0, 0.1) is 0 Å². The number of carbonyl (C=O) groups is 1. The summed E-state index contributed by atoms with van der Waals surface area (Å²) in [5, 5.41) is 3.40. The molecule has 2 heterocycles. The smallest absolute Gasteiger partial charge is 0.291 e. The van der Waals surface area contributed by atoms with Crippen LogP contribution >= 0.6 is 0 Å².